The van der Waals surface area contributed by atoms with Gasteiger partial charge >= 0.3 is 0 Å². The van der Waals surface area contributed by atoms with Crippen molar-refractivity contribution in [3.63, 3.8) is 0 Å². The van der Waals surface area contributed by atoms with Gasteiger partial charge in [-0.05, 0) is 17.7 Å². The van der Waals surface area contributed by atoms with Crippen molar-refractivity contribution in [1.82, 2.24) is 5.06 Å². The van der Waals surface area contributed by atoms with Gasteiger partial charge in [0.05, 0.1) is 26.7 Å². The third-order valence-electron chi connectivity index (χ3n) is 2.33. The average molecular weight is 207 g/mol. The number of ether oxygens (including phenoxy) is 1. The quantitative estimate of drug-likeness (QED) is 0.751. The molecule has 0 atom stereocenters. The number of hydrogen-bond donors (Lipinski definition) is 0. The molecule has 80 valence electrons. The maximum atomic E-state index is 11.3. The molecule has 1 aromatic rings. The summed E-state index contributed by atoms with van der Waals surface area (Å²) in [5.41, 5.74) is 1.03. The lowest BCUT2D eigenvalue weighted by Gasteiger charge is -2.13. The molecule has 0 N–H and O–H groups in total. The van der Waals surface area contributed by atoms with Crippen molar-refractivity contribution in [2.24, 2.45) is 0 Å². The Balaban J connectivity index is 2.01. The number of methoxy groups -OCH3 is 1. The highest BCUT2D eigenvalue weighted by Gasteiger charge is 2.21. The molecule has 15 heavy (non-hydrogen) atoms. The molecule has 4 nitrogen and oxygen atoms in total. The zero-order valence-corrected chi connectivity index (χ0v) is 8.60. The van der Waals surface area contributed by atoms with Gasteiger partial charge in [0, 0.05) is 0 Å². The predicted molar refractivity (Wildman–Crippen MR) is 54.1 cm³/mol. The summed E-state index contributed by atoms with van der Waals surface area (Å²) < 4.78 is 5.05. The lowest BCUT2D eigenvalue weighted by molar-refractivity contribution is -0.164. The van der Waals surface area contributed by atoms with E-state index in [2.05, 4.69) is 0 Å². The monoisotopic (exact) mass is 207 g/mol. The van der Waals surface area contributed by atoms with Crippen LogP contribution in [0.4, 0.5) is 0 Å². The van der Waals surface area contributed by atoms with Crippen molar-refractivity contribution in [3.05, 3.63) is 29.8 Å². The highest BCUT2D eigenvalue weighted by atomic mass is 16.7. The van der Waals surface area contributed by atoms with Crippen molar-refractivity contribution < 1.29 is 14.4 Å². The predicted octanol–water partition coefficient (Wildman–Crippen LogP) is 1.36. The third kappa shape index (κ3) is 2.27. The molecule has 0 spiro atoms. The van der Waals surface area contributed by atoms with Crippen LogP contribution in [-0.2, 0) is 16.2 Å². The van der Waals surface area contributed by atoms with Crippen molar-refractivity contribution in [1.29, 1.82) is 0 Å². The van der Waals surface area contributed by atoms with E-state index < -0.39 is 0 Å². The summed E-state index contributed by atoms with van der Waals surface area (Å²) >= 11 is 0. The zero-order valence-electron chi connectivity index (χ0n) is 8.60. The minimum Gasteiger partial charge on any atom is -0.497 e. The van der Waals surface area contributed by atoms with Gasteiger partial charge in [-0.1, -0.05) is 12.1 Å². The maximum Gasteiger partial charge on any atom is 0.248 e. The Morgan fingerprint density at radius 2 is 2.13 bits per heavy atom. The number of hydrogen-bond acceptors (Lipinski definition) is 3. The summed E-state index contributed by atoms with van der Waals surface area (Å²) in [6, 6.07) is 7.59. The summed E-state index contributed by atoms with van der Waals surface area (Å²) in [4.78, 5) is 16.5. The molecule has 4 heteroatoms. The van der Waals surface area contributed by atoms with Gasteiger partial charge in [0.1, 0.15) is 5.75 Å². The second-order valence-corrected chi connectivity index (χ2v) is 3.36. The van der Waals surface area contributed by atoms with Gasteiger partial charge in [0.25, 0.3) is 0 Å². The second kappa shape index (κ2) is 4.31. The van der Waals surface area contributed by atoms with Crippen molar-refractivity contribution in [3.8, 4) is 5.75 Å². The summed E-state index contributed by atoms with van der Waals surface area (Å²) in [7, 11) is 1.63. The number of benzene rings is 1. The van der Waals surface area contributed by atoms with Crippen molar-refractivity contribution in [2.45, 2.75) is 13.0 Å². The summed E-state index contributed by atoms with van der Waals surface area (Å²) in [6.45, 7) is 0.998. The van der Waals surface area contributed by atoms with Crippen LogP contribution in [0.25, 0.3) is 0 Å². The summed E-state index contributed by atoms with van der Waals surface area (Å²) in [6.07, 6.45) is 0.482. The lowest BCUT2D eigenvalue weighted by Crippen LogP contribution is -2.22. The number of carbonyl (C=O) groups excluding carboxylic acids is 1. The van der Waals surface area contributed by atoms with Crippen LogP contribution < -0.4 is 4.74 Å². The lowest BCUT2D eigenvalue weighted by atomic mass is 10.2. The Morgan fingerprint density at radius 1 is 1.40 bits per heavy atom. The molecule has 0 aliphatic carbocycles. The molecule has 0 saturated carbocycles. The molecule has 1 heterocycles. The Labute approximate surface area is 88.4 Å². The topological polar surface area (TPSA) is 38.8 Å². The van der Waals surface area contributed by atoms with Crippen LogP contribution in [0.2, 0.25) is 0 Å². The molecule has 1 amide bonds. The number of nitrogens with zero attached hydrogens (tertiary/aromatic N) is 1. The summed E-state index contributed by atoms with van der Waals surface area (Å²) in [5.74, 6) is 0.859. The molecule has 2 rings (SSSR count). The van der Waals surface area contributed by atoms with Crippen LogP contribution in [0.15, 0.2) is 24.3 Å². The van der Waals surface area contributed by atoms with E-state index in [0.717, 1.165) is 11.3 Å². The largest absolute Gasteiger partial charge is 0.497 e. The van der Waals surface area contributed by atoms with Crippen LogP contribution in [0, 0.1) is 0 Å². The molecular weight excluding hydrogens is 194 g/mol. The van der Waals surface area contributed by atoms with E-state index in [1.165, 1.54) is 5.06 Å². The first-order chi connectivity index (χ1) is 7.29. The Hall–Kier alpha value is -1.55. The highest BCUT2D eigenvalue weighted by Crippen LogP contribution is 2.15. The number of hydroxylamine groups is 2. The Morgan fingerprint density at radius 3 is 2.67 bits per heavy atom. The minimum atomic E-state index is 0.0471. The van der Waals surface area contributed by atoms with E-state index in [1.807, 2.05) is 24.3 Å². The molecule has 1 fully saturated rings. The van der Waals surface area contributed by atoms with E-state index in [4.69, 9.17) is 9.57 Å². The van der Waals surface area contributed by atoms with Crippen molar-refractivity contribution >= 4 is 5.91 Å². The SMILES string of the molecule is COc1ccc(CN2OCCC2=O)cc1. The molecule has 1 saturated heterocycles. The fourth-order valence-corrected chi connectivity index (χ4v) is 1.47. The Bertz CT molecular complexity index is 347. The van der Waals surface area contributed by atoms with Gasteiger partial charge in [0.15, 0.2) is 0 Å². The number of rotatable bonds is 3. The molecule has 0 radical (unpaired) electrons. The molecule has 1 aliphatic rings. The highest BCUT2D eigenvalue weighted by molar-refractivity contribution is 5.76. The van der Waals surface area contributed by atoms with Gasteiger partial charge in [-0.15, -0.1) is 0 Å². The molecule has 1 aliphatic heterocycles. The normalized spacial score (nSPS) is 15.8. The fourth-order valence-electron chi connectivity index (χ4n) is 1.47. The van der Waals surface area contributed by atoms with Crippen LogP contribution in [-0.4, -0.2) is 24.7 Å². The molecule has 0 unspecified atom stereocenters. The van der Waals surface area contributed by atoms with Gasteiger partial charge < -0.3 is 4.74 Å². The van der Waals surface area contributed by atoms with Gasteiger partial charge in [-0.2, -0.15) is 0 Å². The van der Waals surface area contributed by atoms with E-state index in [-0.39, 0.29) is 5.91 Å². The fraction of sp³-hybridized carbons (Fsp3) is 0.364. The number of amides is 1. The van der Waals surface area contributed by atoms with Crippen LogP contribution in [0.1, 0.15) is 12.0 Å². The minimum absolute atomic E-state index is 0.0471. The van der Waals surface area contributed by atoms with Crippen LogP contribution in [0.3, 0.4) is 0 Å². The van der Waals surface area contributed by atoms with Gasteiger partial charge in [-0.3, -0.25) is 9.63 Å². The first-order valence-corrected chi connectivity index (χ1v) is 4.86. The van der Waals surface area contributed by atoms with Crippen molar-refractivity contribution in [2.75, 3.05) is 13.7 Å². The van der Waals surface area contributed by atoms with E-state index in [0.29, 0.717) is 19.6 Å². The smallest absolute Gasteiger partial charge is 0.248 e. The third-order valence-corrected chi connectivity index (χ3v) is 2.33. The number of carbonyl (C=O) groups is 1. The van der Waals surface area contributed by atoms with Crippen LogP contribution >= 0.6 is 0 Å². The second-order valence-electron chi connectivity index (χ2n) is 3.36. The molecule has 0 aromatic heterocycles. The van der Waals surface area contributed by atoms with E-state index in [9.17, 15) is 4.79 Å². The van der Waals surface area contributed by atoms with E-state index in [1.54, 1.807) is 7.11 Å². The maximum absolute atomic E-state index is 11.3. The molecule has 0 bridgehead atoms. The zero-order chi connectivity index (χ0) is 10.7. The van der Waals surface area contributed by atoms with Gasteiger partial charge in [-0.25, -0.2) is 5.06 Å². The van der Waals surface area contributed by atoms with Crippen LogP contribution in [0.5, 0.6) is 5.75 Å². The van der Waals surface area contributed by atoms with E-state index >= 15 is 0 Å². The van der Waals surface area contributed by atoms with Gasteiger partial charge in [0.2, 0.25) is 5.91 Å². The average Bonchev–Trinajstić information content (AvgIpc) is 2.66. The Kier molecular flexibility index (Phi) is 2.87. The summed E-state index contributed by atoms with van der Waals surface area (Å²) in [5, 5.41) is 1.40. The molecular formula is C11H13NO3. The standard InChI is InChI=1S/C11H13NO3/c1-14-10-4-2-9(3-5-10)8-12-11(13)6-7-15-12/h2-5H,6-8H2,1H3. The first-order valence-electron chi connectivity index (χ1n) is 4.86. The first kappa shape index (κ1) is 9.98. The molecule has 1 aromatic carbocycles.